The maximum Gasteiger partial charge on any atom is 0.705 e. The number of nitrogens with one attached hydrogen (secondary N) is 1. The van der Waals surface area contributed by atoms with Crippen LogP contribution in [0.5, 0.6) is 5.75 Å². The molecule has 0 aliphatic heterocycles. The molecule has 0 unspecified atom stereocenters. The number of rotatable bonds is 8. The average molecular weight is 473 g/mol. The van der Waals surface area contributed by atoms with Crippen LogP contribution >= 0.6 is 0 Å². The predicted molar refractivity (Wildman–Crippen MR) is 90.7 cm³/mol. The summed E-state index contributed by atoms with van der Waals surface area (Å²) in [4.78, 5) is 45.5. The molecule has 0 fully saturated rings. The van der Waals surface area contributed by atoms with Gasteiger partial charge in [0.1, 0.15) is 0 Å². The van der Waals surface area contributed by atoms with E-state index in [0.29, 0.717) is 0 Å². The van der Waals surface area contributed by atoms with E-state index in [1.807, 2.05) is 5.32 Å². The molecule has 1 N–H and O–H groups in total. The third-order valence-corrected chi connectivity index (χ3v) is 5.95. The Morgan fingerprint density at radius 3 is 1.52 bits per heavy atom. The van der Waals surface area contributed by atoms with Crippen LogP contribution in [0.1, 0.15) is 27.2 Å². The van der Waals surface area contributed by atoms with E-state index in [4.69, 9.17) is 13.3 Å². The fraction of sp³-hybridized carbons (Fsp3) is 0.375. The van der Waals surface area contributed by atoms with Crippen molar-refractivity contribution in [2.75, 3.05) is 6.54 Å². The molecular weight excluding hydrogens is 457 g/mol. The van der Waals surface area contributed by atoms with Gasteiger partial charge in [0.25, 0.3) is 17.9 Å². The second kappa shape index (κ2) is 10.7. The van der Waals surface area contributed by atoms with Gasteiger partial charge in [-0.1, -0.05) is 0 Å². The minimum Gasteiger partial charge on any atom is -0.455 e. The molecule has 0 aliphatic carbocycles. The number of amides is 1. The molecule has 172 valence electrons. The van der Waals surface area contributed by atoms with Crippen LogP contribution in [-0.4, -0.2) is 39.4 Å². The molecule has 0 aliphatic rings. The van der Waals surface area contributed by atoms with E-state index in [-0.39, 0.29) is 19.0 Å². The summed E-state index contributed by atoms with van der Waals surface area (Å²) >= 11 is 0. The molecule has 0 bridgehead atoms. The molecular formula is C16H16F5NO8Si. The second-order valence-electron chi connectivity index (χ2n) is 5.78. The topological polar surface area (TPSA) is 117 Å². The Labute approximate surface area is 172 Å². The molecule has 1 aromatic carbocycles. The van der Waals surface area contributed by atoms with Crippen molar-refractivity contribution in [3.05, 3.63) is 29.1 Å². The Morgan fingerprint density at radius 1 is 0.742 bits per heavy atom. The Balaban J connectivity index is 2.81. The molecule has 0 saturated carbocycles. The summed E-state index contributed by atoms with van der Waals surface area (Å²) in [7, 11) is -4.17. The van der Waals surface area contributed by atoms with Crippen LogP contribution in [0.25, 0.3) is 0 Å². The Morgan fingerprint density at radius 2 is 1.13 bits per heavy atom. The number of benzene rings is 1. The molecule has 1 aromatic rings. The summed E-state index contributed by atoms with van der Waals surface area (Å²) in [6.07, 6.45) is -1.75. The van der Waals surface area contributed by atoms with E-state index < -0.39 is 67.6 Å². The zero-order chi connectivity index (χ0) is 23.9. The minimum absolute atomic E-state index is 0.174. The van der Waals surface area contributed by atoms with Crippen molar-refractivity contribution < 1.29 is 59.1 Å². The third kappa shape index (κ3) is 7.20. The van der Waals surface area contributed by atoms with Crippen LogP contribution < -0.4 is 10.1 Å². The normalized spacial score (nSPS) is 10.8. The van der Waals surface area contributed by atoms with Crippen molar-refractivity contribution in [3.8, 4) is 5.75 Å². The molecule has 0 radical (unpaired) electrons. The number of hydrogen-bond donors (Lipinski definition) is 1. The van der Waals surface area contributed by atoms with E-state index in [9.17, 15) is 41.1 Å². The lowest BCUT2D eigenvalue weighted by atomic mass is 10.2. The van der Waals surface area contributed by atoms with Crippen LogP contribution in [0.15, 0.2) is 0 Å². The number of halogens is 5. The van der Waals surface area contributed by atoms with Gasteiger partial charge in [-0.2, -0.15) is 8.78 Å². The number of carbonyl (C=O) groups is 4. The minimum atomic E-state index is -4.17. The zero-order valence-corrected chi connectivity index (χ0v) is 17.3. The van der Waals surface area contributed by atoms with Gasteiger partial charge in [0.15, 0.2) is 0 Å². The highest BCUT2D eigenvalue weighted by molar-refractivity contribution is 6.65. The van der Waals surface area contributed by atoms with Crippen LogP contribution in [0.3, 0.4) is 0 Å². The lowest BCUT2D eigenvalue weighted by molar-refractivity contribution is -0.147. The van der Waals surface area contributed by atoms with Gasteiger partial charge in [-0.25, -0.2) is 18.0 Å². The van der Waals surface area contributed by atoms with E-state index in [1.165, 1.54) is 0 Å². The molecule has 0 aromatic heterocycles. The van der Waals surface area contributed by atoms with E-state index in [2.05, 4.69) is 4.74 Å². The Bertz CT molecular complexity index is 827. The summed E-state index contributed by atoms with van der Waals surface area (Å²) in [5.41, 5.74) is 0. The lowest BCUT2D eigenvalue weighted by Gasteiger charge is -2.26. The quantitative estimate of drug-likeness (QED) is 0.201. The second-order valence-corrected chi connectivity index (χ2v) is 8.26. The first-order valence-corrected chi connectivity index (χ1v) is 10.3. The monoisotopic (exact) mass is 473 g/mol. The highest BCUT2D eigenvalue weighted by atomic mass is 28.4. The highest BCUT2D eigenvalue weighted by Crippen LogP contribution is 2.29. The molecule has 0 atom stereocenters. The first-order chi connectivity index (χ1) is 14.3. The van der Waals surface area contributed by atoms with Crippen LogP contribution in [0.2, 0.25) is 6.04 Å². The maximum absolute atomic E-state index is 13.5. The summed E-state index contributed by atoms with van der Waals surface area (Å²) < 4.78 is 85.0. The van der Waals surface area contributed by atoms with Gasteiger partial charge in [-0.05, 0) is 6.42 Å². The standard InChI is InChI=1S/C16H16F5NO8Si/c1-7(23)28-31(29-8(2)24,30-9(3)25)6-4-5-22-16(26)27-15-13(20)11(18)10(17)12(19)14(15)21/h4-6H2,1-3H3,(H,22,26). The summed E-state index contributed by atoms with van der Waals surface area (Å²) in [5, 5.41) is 1.94. The lowest BCUT2D eigenvalue weighted by Crippen LogP contribution is -2.49. The van der Waals surface area contributed by atoms with Gasteiger partial charge in [0.2, 0.25) is 34.8 Å². The van der Waals surface area contributed by atoms with Gasteiger partial charge < -0.3 is 23.3 Å². The van der Waals surface area contributed by atoms with Crippen molar-refractivity contribution in [3.63, 3.8) is 0 Å². The molecule has 1 rings (SSSR count). The van der Waals surface area contributed by atoms with Crippen LogP contribution in [-0.2, 0) is 27.7 Å². The fourth-order valence-corrected chi connectivity index (χ4v) is 4.53. The molecule has 0 saturated heterocycles. The fourth-order valence-electron chi connectivity index (χ4n) is 2.17. The smallest absolute Gasteiger partial charge is 0.455 e. The van der Waals surface area contributed by atoms with Crippen molar-refractivity contribution in [1.29, 1.82) is 0 Å². The van der Waals surface area contributed by atoms with Crippen molar-refractivity contribution in [2.45, 2.75) is 33.2 Å². The highest BCUT2D eigenvalue weighted by Gasteiger charge is 2.51. The number of ether oxygens (including phenoxy) is 1. The molecule has 15 heteroatoms. The van der Waals surface area contributed by atoms with E-state index in [0.717, 1.165) is 20.8 Å². The van der Waals surface area contributed by atoms with Crippen molar-refractivity contribution in [1.82, 2.24) is 5.32 Å². The average Bonchev–Trinajstić information content (AvgIpc) is 2.63. The number of carbonyl (C=O) groups excluding carboxylic acids is 4. The van der Waals surface area contributed by atoms with Crippen molar-refractivity contribution in [2.24, 2.45) is 0 Å². The molecule has 9 nitrogen and oxygen atoms in total. The molecule has 31 heavy (non-hydrogen) atoms. The largest absolute Gasteiger partial charge is 0.705 e. The van der Waals surface area contributed by atoms with Gasteiger partial charge in [0.05, 0.1) is 6.04 Å². The van der Waals surface area contributed by atoms with Crippen LogP contribution in [0, 0.1) is 29.1 Å². The van der Waals surface area contributed by atoms with Crippen molar-refractivity contribution >= 4 is 32.8 Å². The zero-order valence-electron chi connectivity index (χ0n) is 16.3. The Kier molecular flexibility index (Phi) is 8.90. The number of hydrogen-bond acceptors (Lipinski definition) is 8. The SMILES string of the molecule is CC(=O)O[Si](CCCNC(=O)Oc1c(F)c(F)c(F)c(F)c1F)(OC(C)=O)OC(C)=O. The molecule has 1 amide bonds. The van der Waals surface area contributed by atoms with Gasteiger partial charge in [-0.15, -0.1) is 0 Å². The third-order valence-electron chi connectivity index (χ3n) is 3.19. The summed E-state index contributed by atoms with van der Waals surface area (Å²) in [5.74, 6) is -16.3. The maximum atomic E-state index is 13.5. The first kappa shape index (κ1) is 25.8. The predicted octanol–water partition coefficient (Wildman–Crippen LogP) is 2.49. The summed E-state index contributed by atoms with van der Waals surface area (Å²) in [6, 6.07) is -0.353. The molecule has 0 heterocycles. The van der Waals surface area contributed by atoms with E-state index in [1.54, 1.807) is 0 Å². The van der Waals surface area contributed by atoms with Crippen LogP contribution in [0.4, 0.5) is 26.7 Å². The van der Waals surface area contributed by atoms with Gasteiger partial charge >= 0.3 is 14.9 Å². The van der Waals surface area contributed by atoms with E-state index >= 15 is 0 Å². The van der Waals surface area contributed by atoms with Gasteiger partial charge in [-0.3, -0.25) is 14.4 Å². The summed E-state index contributed by atoms with van der Waals surface area (Å²) in [6.45, 7) is 2.52. The van der Waals surface area contributed by atoms with Gasteiger partial charge in [0, 0.05) is 27.3 Å². The first-order valence-electron chi connectivity index (χ1n) is 8.35. The molecule has 0 spiro atoms. The Hall–Kier alpha value is -3.23.